The van der Waals surface area contributed by atoms with Crippen LogP contribution >= 0.6 is 0 Å². The molecule has 1 aliphatic carbocycles. The number of benzene rings is 1. The highest BCUT2D eigenvalue weighted by molar-refractivity contribution is 5.20. The maximum Gasteiger partial charge on any atom is 0.0830 e. The minimum atomic E-state index is 0.289. The van der Waals surface area contributed by atoms with Crippen molar-refractivity contribution < 1.29 is 0 Å². The van der Waals surface area contributed by atoms with Crippen molar-refractivity contribution in [3.8, 4) is 0 Å². The van der Waals surface area contributed by atoms with Crippen LogP contribution < -0.4 is 5.73 Å². The highest BCUT2D eigenvalue weighted by Crippen LogP contribution is 2.36. The van der Waals surface area contributed by atoms with Gasteiger partial charge < -0.3 is 5.73 Å². The molecule has 1 aromatic carbocycles. The Kier molecular flexibility index (Phi) is 3.83. The van der Waals surface area contributed by atoms with Crippen LogP contribution in [0.5, 0.6) is 0 Å². The van der Waals surface area contributed by atoms with Gasteiger partial charge in [0.2, 0.25) is 0 Å². The minimum absolute atomic E-state index is 0.289. The summed E-state index contributed by atoms with van der Waals surface area (Å²) in [6.07, 6.45) is 6.39. The highest BCUT2D eigenvalue weighted by Gasteiger charge is 2.29. The molecule has 0 saturated heterocycles. The molecular weight excluding hydrogens is 248 g/mol. The Bertz CT molecular complexity index is 549. The lowest BCUT2D eigenvalue weighted by Crippen LogP contribution is -2.36. The molecule has 2 N–H and O–H groups in total. The Morgan fingerprint density at radius 1 is 1.25 bits per heavy atom. The zero-order valence-corrected chi connectivity index (χ0v) is 11.9. The van der Waals surface area contributed by atoms with Gasteiger partial charge in [-0.05, 0) is 43.1 Å². The van der Waals surface area contributed by atoms with Crippen molar-refractivity contribution in [3.05, 3.63) is 47.8 Å². The van der Waals surface area contributed by atoms with E-state index in [1.165, 1.54) is 12.0 Å². The van der Waals surface area contributed by atoms with Crippen molar-refractivity contribution in [2.24, 2.45) is 18.7 Å². The molecule has 4 heteroatoms. The number of hydrogen-bond donors (Lipinski definition) is 1. The first-order chi connectivity index (χ1) is 9.72. The van der Waals surface area contributed by atoms with Gasteiger partial charge in [0.25, 0.3) is 0 Å². The normalized spacial score (nSPS) is 26.6. The quantitative estimate of drug-likeness (QED) is 0.930. The summed E-state index contributed by atoms with van der Waals surface area (Å²) in [5.41, 5.74) is 8.82. The van der Waals surface area contributed by atoms with Crippen LogP contribution in [-0.2, 0) is 13.5 Å². The standard InChI is InChI=1S/C16H22N4/c1-20-11-15(18-19-20)10-14-9-13(7-8-16(14)17)12-5-3-2-4-6-12/h2-6,11,13-14,16H,7-10,17H2,1H3. The van der Waals surface area contributed by atoms with E-state index in [1.54, 1.807) is 4.68 Å². The molecule has 0 bridgehead atoms. The van der Waals surface area contributed by atoms with E-state index in [0.29, 0.717) is 11.8 Å². The van der Waals surface area contributed by atoms with E-state index in [2.05, 4.69) is 40.6 Å². The molecular formula is C16H22N4. The largest absolute Gasteiger partial charge is 0.327 e. The first-order valence-electron chi connectivity index (χ1n) is 7.38. The fourth-order valence-corrected chi connectivity index (χ4v) is 3.31. The third kappa shape index (κ3) is 2.90. The van der Waals surface area contributed by atoms with Gasteiger partial charge in [0.1, 0.15) is 0 Å². The molecule has 3 rings (SSSR count). The molecule has 2 aromatic rings. The molecule has 0 aliphatic heterocycles. The lowest BCUT2D eigenvalue weighted by atomic mass is 9.74. The van der Waals surface area contributed by atoms with E-state index in [4.69, 9.17) is 5.73 Å². The first-order valence-corrected chi connectivity index (χ1v) is 7.38. The minimum Gasteiger partial charge on any atom is -0.327 e. The molecule has 1 heterocycles. The van der Waals surface area contributed by atoms with E-state index in [1.807, 2.05) is 13.2 Å². The fourth-order valence-electron chi connectivity index (χ4n) is 3.31. The molecule has 106 valence electrons. The zero-order chi connectivity index (χ0) is 13.9. The highest BCUT2D eigenvalue weighted by atomic mass is 15.4. The molecule has 3 atom stereocenters. The van der Waals surface area contributed by atoms with E-state index in [-0.39, 0.29) is 6.04 Å². The SMILES string of the molecule is Cn1cc(CC2CC(c3ccccc3)CCC2N)nn1. The second kappa shape index (κ2) is 5.75. The second-order valence-corrected chi connectivity index (χ2v) is 5.93. The Morgan fingerprint density at radius 3 is 2.75 bits per heavy atom. The molecule has 1 aliphatic rings. The zero-order valence-electron chi connectivity index (χ0n) is 11.9. The molecule has 0 amide bonds. The average Bonchev–Trinajstić information content (AvgIpc) is 2.88. The van der Waals surface area contributed by atoms with Gasteiger partial charge in [-0.3, -0.25) is 4.68 Å². The number of rotatable bonds is 3. The lowest BCUT2D eigenvalue weighted by Gasteiger charge is -2.34. The van der Waals surface area contributed by atoms with Crippen LogP contribution in [0.4, 0.5) is 0 Å². The summed E-state index contributed by atoms with van der Waals surface area (Å²) in [5.74, 6) is 1.14. The number of aryl methyl sites for hydroxylation is 1. The van der Waals surface area contributed by atoms with Gasteiger partial charge in [-0.25, -0.2) is 0 Å². The summed E-state index contributed by atoms with van der Waals surface area (Å²) in [7, 11) is 1.91. The Morgan fingerprint density at radius 2 is 2.05 bits per heavy atom. The fraction of sp³-hybridized carbons (Fsp3) is 0.500. The Hall–Kier alpha value is -1.68. The Balaban J connectivity index is 1.70. The third-order valence-corrected chi connectivity index (χ3v) is 4.43. The van der Waals surface area contributed by atoms with E-state index in [0.717, 1.165) is 25.0 Å². The maximum absolute atomic E-state index is 6.32. The van der Waals surface area contributed by atoms with E-state index < -0.39 is 0 Å². The van der Waals surface area contributed by atoms with Crippen molar-refractivity contribution in [3.63, 3.8) is 0 Å². The van der Waals surface area contributed by atoms with Crippen LogP contribution in [-0.4, -0.2) is 21.0 Å². The van der Waals surface area contributed by atoms with Crippen molar-refractivity contribution in [1.82, 2.24) is 15.0 Å². The number of hydrogen-bond acceptors (Lipinski definition) is 3. The predicted octanol–water partition coefficient (Wildman–Crippen LogP) is 2.27. The number of aromatic nitrogens is 3. The molecule has 0 spiro atoms. The van der Waals surface area contributed by atoms with Gasteiger partial charge in [0, 0.05) is 19.3 Å². The average molecular weight is 270 g/mol. The summed E-state index contributed by atoms with van der Waals surface area (Å²) in [5, 5.41) is 8.21. The van der Waals surface area contributed by atoms with Crippen LogP contribution in [0.1, 0.15) is 36.4 Å². The molecule has 1 saturated carbocycles. The summed E-state index contributed by atoms with van der Waals surface area (Å²) >= 11 is 0. The van der Waals surface area contributed by atoms with Crippen LogP contribution in [0.3, 0.4) is 0 Å². The lowest BCUT2D eigenvalue weighted by molar-refractivity contribution is 0.275. The van der Waals surface area contributed by atoms with Gasteiger partial charge >= 0.3 is 0 Å². The summed E-state index contributed by atoms with van der Waals surface area (Å²) in [6.45, 7) is 0. The van der Waals surface area contributed by atoms with Crippen molar-refractivity contribution in [1.29, 1.82) is 0 Å². The van der Waals surface area contributed by atoms with Gasteiger partial charge in [-0.2, -0.15) is 0 Å². The smallest absolute Gasteiger partial charge is 0.0830 e. The molecule has 0 radical (unpaired) electrons. The third-order valence-electron chi connectivity index (χ3n) is 4.43. The monoisotopic (exact) mass is 270 g/mol. The van der Waals surface area contributed by atoms with E-state index in [9.17, 15) is 0 Å². The van der Waals surface area contributed by atoms with Gasteiger partial charge in [0.15, 0.2) is 0 Å². The van der Waals surface area contributed by atoms with Crippen LogP contribution in [0.2, 0.25) is 0 Å². The van der Waals surface area contributed by atoms with Gasteiger partial charge in [-0.15, -0.1) is 5.10 Å². The molecule has 1 fully saturated rings. The second-order valence-electron chi connectivity index (χ2n) is 5.93. The summed E-state index contributed by atoms with van der Waals surface area (Å²) in [4.78, 5) is 0. The molecule has 1 aromatic heterocycles. The van der Waals surface area contributed by atoms with Gasteiger partial charge in [-0.1, -0.05) is 35.5 Å². The first kappa shape index (κ1) is 13.3. The molecule has 20 heavy (non-hydrogen) atoms. The summed E-state index contributed by atoms with van der Waals surface area (Å²) < 4.78 is 1.76. The Labute approximate surface area is 120 Å². The van der Waals surface area contributed by atoms with Crippen molar-refractivity contribution >= 4 is 0 Å². The number of nitrogens with two attached hydrogens (primary N) is 1. The molecule has 4 nitrogen and oxygen atoms in total. The van der Waals surface area contributed by atoms with Crippen LogP contribution in [0, 0.1) is 5.92 Å². The van der Waals surface area contributed by atoms with Crippen molar-refractivity contribution in [2.45, 2.75) is 37.6 Å². The molecule has 3 unspecified atom stereocenters. The predicted molar refractivity (Wildman–Crippen MR) is 79.2 cm³/mol. The maximum atomic E-state index is 6.32. The van der Waals surface area contributed by atoms with Crippen LogP contribution in [0.25, 0.3) is 0 Å². The van der Waals surface area contributed by atoms with Crippen molar-refractivity contribution in [2.75, 3.05) is 0 Å². The van der Waals surface area contributed by atoms with E-state index >= 15 is 0 Å². The van der Waals surface area contributed by atoms with Crippen LogP contribution in [0.15, 0.2) is 36.5 Å². The summed E-state index contributed by atoms with van der Waals surface area (Å²) in [6, 6.07) is 11.1. The van der Waals surface area contributed by atoms with Gasteiger partial charge in [0.05, 0.1) is 5.69 Å². The topological polar surface area (TPSA) is 56.7 Å². The number of nitrogens with zero attached hydrogens (tertiary/aromatic N) is 3.